The highest BCUT2D eigenvalue weighted by Gasteiger charge is 2.20. The van der Waals surface area contributed by atoms with Crippen LogP contribution in [0.4, 0.5) is 5.69 Å². The van der Waals surface area contributed by atoms with Gasteiger partial charge in [0.15, 0.2) is 0 Å². The van der Waals surface area contributed by atoms with Gasteiger partial charge in [-0.1, -0.05) is 48.5 Å². The minimum Gasteiger partial charge on any atom is -0.371 e. The summed E-state index contributed by atoms with van der Waals surface area (Å²) in [4.78, 5) is 2.52. The SMILES string of the molecule is c1ccc(C2CCCN(c3ccccc3)C2)cc1. The lowest BCUT2D eigenvalue weighted by Crippen LogP contribution is -2.34. The van der Waals surface area contributed by atoms with E-state index in [1.807, 2.05) is 0 Å². The fourth-order valence-corrected chi connectivity index (χ4v) is 2.85. The van der Waals surface area contributed by atoms with Crippen molar-refractivity contribution in [2.45, 2.75) is 18.8 Å². The van der Waals surface area contributed by atoms with Gasteiger partial charge in [0.1, 0.15) is 0 Å². The standard InChI is InChI=1S/C17H19N/c1-3-8-15(9-4-1)16-10-7-13-18(14-16)17-11-5-2-6-12-17/h1-6,8-9,11-12,16H,7,10,13-14H2. The van der Waals surface area contributed by atoms with E-state index in [0.29, 0.717) is 5.92 Å². The molecule has 0 spiro atoms. The van der Waals surface area contributed by atoms with Crippen LogP contribution in [0.3, 0.4) is 0 Å². The predicted octanol–water partition coefficient (Wildman–Crippen LogP) is 4.07. The summed E-state index contributed by atoms with van der Waals surface area (Å²) < 4.78 is 0. The Morgan fingerprint density at radius 1 is 0.833 bits per heavy atom. The molecule has 1 heteroatoms. The zero-order valence-electron chi connectivity index (χ0n) is 10.6. The fourth-order valence-electron chi connectivity index (χ4n) is 2.85. The zero-order chi connectivity index (χ0) is 12.2. The van der Waals surface area contributed by atoms with Crippen molar-refractivity contribution in [2.24, 2.45) is 0 Å². The summed E-state index contributed by atoms with van der Waals surface area (Å²) in [6, 6.07) is 21.7. The highest BCUT2D eigenvalue weighted by atomic mass is 15.1. The molecule has 2 aromatic rings. The number of piperidine rings is 1. The van der Waals surface area contributed by atoms with Gasteiger partial charge in [0, 0.05) is 24.7 Å². The molecule has 0 aromatic heterocycles. The van der Waals surface area contributed by atoms with Gasteiger partial charge in [-0.2, -0.15) is 0 Å². The Bertz CT molecular complexity index is 432. The summed E-state index contributed by atoms with van der Waals surface area (Å²) in [7, 11) is 0. The molecular formula is C17H19N. The summed E-state index contributed by atoms with van der Waals surface area (Å²) in [5, 5.41) is 0. The van der Waals surface area contributed by atoms with Crippen molar-refractivity contribution < 1.29 is 0 Å². The average molecular weight is 237 g/mol. The van der Waals surface area contributed by atoms with Gasteiger partial charge in [0.2, 0.25) is 0 Å². The van der Waals surface area contributed by atoms with Gasteiger partial charge >= 0.3 is 0 Å². The van der Waals surface area contributed by atoms with Crippen LogP contribution in [-0.4, -0.2) is 13.1 Å². The number of anilines is 1. The average Bonchev–Trinajstić information content (AvgIpc) is 2.49. The third kappa shape index (κ3) is 2.40. The Kier molecular flexibility index (Phi) is 3.31. The molecule has 0 N–H and O–H groups in total. The predicted molar refractivity (Wildman–Crippen MR) is 77.1 cm³/mol. The normalized spacial score (nSPS) is 19.8. The van der Waals surface area contributed by atoms with Gasteiger partial charge in [0.05, 0.1) is 0 Å². The molecule has 1 aliphatic heterocycles. The largest absolute Gasteiger partial charge is 0.371 e. The number of hydrogen-bond acceptors (Lipinski definition) is 1. The highest BCUT2D eigenvalue weighted by molar-refractivity contribution is 5.47. The Hall–Kier alpha value is -1.76. The van der Waals surface area contributed by atoms with Crippen molar-refractivity contribution in [3.63, 3.8) is 0 Å². The van der Waals surface area contributed by atoms with Crippen LogP contribution in [0.1, 0.15) is 24.3 Å². The van der Waals surface area contributed by atoms with Gasteiger partial charge < -0.3 is 4.90 Å². The Morgan fingerprint density at radius 2 is 1.50 bits per heavy atom. The van der Waals surface area contributed by atoms with E-state index >= 15 is 0 Å². The Morgan fingerprint density at radius 3 is 2.22 bits per heavy atom. The number of nitrogens with zero attached hydrogens (tertiary/aromatic N) is 1. The second-order valence-corrected chi connectivity index (χ2v) is 5.03. The highest BCUT2D eigenvalue weighted by Crippen LogP contribution is 2.29. The molecule has 1 heterocycles. The third-order valence-electron chi connectivity index (χ3n) is 3.81. The fraction of sp³-hybridized carbons (Fsp3) is 0.294. The molecule has 1 unspecified atom stereocenters. The van der Waals surface area contributed by atoms with Crippen LogP contribution >= 0.6 is 0 Å². The molecule has 0 bridgehead atoms. The number of para-hydroxylation sites is 1. The molecule has 1 atom stereocenters. The summed E-state index contributed by atoms with van der Waals surface area (Å²) in [6.45, 7) is 2.33. The maximum atomic E-state index is 2.52. The van der Waals surface area contributed by atoms with E-state index < -0.39 is 0 Å². The van der Waals surface area contributed by atoms with E-state index in [9.17, 15) is 0 Å². The Labute approximate surface area is 109 Å². The van der Waals surface area contributed by atoms with Crippen molar-refractivity contribution in [1.82, 2.24) is 0 Å². The van der Waals surface area contributed by atoms with Crippen LogP contribution in [0.15, 0.2) is 60.7 Å². The van der Waals surface area contributed by atoms with Crippen LogP contribution < -0.4 is 4.90 Å². The molecule has 0 saturated carbocycles. The second-order valence-electron chi connectivity index (χ2n) is 5.03. The number of rotatable bonds is 2. The van der Waals surface area contributed by atoms with E-state index in [2.05, 4.69) is 65.6 Å². The van der Waals surface area contributed by atoms with E-state index in [1.165, 1.54) is 30.6 Å². The molecule has 3 rings (SSSR count). The quantitative estimate of drug-likeness (QED) is 0.761. The van der Waals surface area contributed by atoms with Gasteiger partial charge in [-0.15, -0.1) is 0 Å². The number of hydrogen-bond donors (Lipinski definition) is 0. The molecular weight excluding hydrogens is 218 g/mol. The van der Waals surface area contributed by atoms with Crippen LogP contribution in [0.2, 0.25) is 0 Å². The van der Waals surface area contributed by atoms with Crippen molar-refractivity contribution in [3.8, 4) is 0 Å². The monoisotopic (exact) mass is 237 g/mol. The third-order valence-corrected chi connectivity index (χ3v) is 3.81. The van der Waals surface area contributed by atoms with Crippen molar-refractivity contribution >= 4 is 5.69 Å². The molecule has 0 radical (unpaired) electrons. The first-order valence-corrected chi connectivity index (χ1v) is 6.78. The van der Waals surface area contributed by atoms with Gasteiger partial charge in [-0.3, -0.25) is 0 Å². The molecule has 1 nitrogen and oxygen atoms in total. The zero-order valence-corrected chi connectivity index (χ0v) is 10.6. The topological polar surface area (TPSA) is 3.24 Å². The smallest absolute Gasteiger partial charge is 0.0366 e. The minimum absolute atomic E-state index is 0.681. The van der Waals surface area contributed by atoms with Crippen LogP contribution in [0.5, 0.6) is 0 Å². The maximum Gasteiger partial charge on any atom is 0.0366 e. The summed E-state index contributed by atoms with van der Waals surface area (Å²) in [6.07, 6.45) is 2.60. The minimum atomic E-state index is 0.681. The molecule has 2 aromatic carbocycles. The van der Waals surface area contributed by atoms with E-state index in [-0.39, 0.29) is 0 Å². The molecule has 1 aliphatic rings. The summed E-state index contributed by atoms with van der Waals surface area (Å²) in [5.41, 5.74) is 2.84. The molecule has 92 valence electrons. The van der Waals surface area contributed by atoms with Crippen LogP contribution in [-0.2, 0) is 0 Å². The Balaban J connectivity index is 1.77. The molecule has 1 fully saturated rings. The molecule has 0 amide bonds. The lowest BCUT2D eigenvalue weighted by atomic mass is 9.90. The van der Waals surface area contributed by atoms with E-state index in [1.54, 1.807) is 0 Å². The van der Waals surface area contributed by atoms with Gasteiger partial charge in [0.25, 0.3) is 0 Å². The summed E-state index contributed by atoms with van der Waals surface area (Å²) >= 11 is 0. The summed E-state index contributed by atoms with van der Waals surface area (Å²) in [5.74, 6) is 0.681. The van der Waals surface area contributed by atoms with Crippen molar-refractivity contribution in [1.29, 1.82) is 0 Å². The molecule has 0 aliphatic carbocycles. The van der Waals surface area contributed by atoms with Crippen molar-refractivity contribution in [2.75, 3.05) is 18.0 Å². The van der Waals surface area contributed by atoms with Crippen LogP contribution in [0, 0.1) is 0 Å². The first kappa shape index (κ1) is 11.3. The van der Waals surface area contributed by atoms with E-state index in [4.69, 9.17) is 0 Å². The van der Waals surface area contributed by atoms with Crippen molar-refractivity contribution in [3.05, 3.63) is 66.2 Å². The van der Waals surface area contributed by atoms with Gasteiger partial charge in [-0.05, 0) is 30.5 Å². The molecule has 18 heavy (non-hydrogen) atoms. The first-order valence-electron chi connectivity index (χ1n) is 6.78. The lowest BCUT2D eigenvalue weighted by Gasteiger charge is -2.34. The second kappa shape index (κ2) is 5.26. The maximum absolute atomic E-state index is 2.52. The van der Waals surface area contributed by atoms with E-state index in [0.717, 1.165) is 6.54 Å². The van der Waals surface area contributed by atoms with Crippen LogP contribution in [0.25, 0.3) is 0 Å². The first-order chi connectivity index (χ1) is 8.93. The number of benzene rings is 2. The van der Waals surface area contributed by atoms with Gasteiger partial charge in [-0.25, -0.2) is 0 Å². The lowest BCUT2D eigenvalue weighted by molar-refractivity contribution is 0.510. The molecule has 1 saturated heterocycles.